The number of aryl methyl sites for hydroxylation is 1. The van der Waals surface area contributed by atoms with Gasteiger partial charge in [-0.3, -0.25) is 4.79 Å². The highest BCUT2D eigenvalue weighted by atomic mass is 32.1. The van der Waals surface area contributed by atoms with E-state index in [1.807, 2.05) is 19.1 Å². The number of nitrogens with two attached hydrogens (primary N) is 1. The maximum Gasteiger partial charge on any atom is 0.263 e. The van der Waals surface area contributed by atoms with Gasteiger partial charge < -0.3 is 15.6 Å². The first kappa shape index (κ1) is 12.6. The maximum atomic E-state index is 12.1. The molecule has 0 fully saturated rings. The SMILES string of the molecule is Cc1ccc2c(N)c(C(=O)NCc3ccno3)sc2n1. The molecule has 0 saturated carbocycles. The van der Waals surface area contributed by atoms with Crippen LogP contribution in [0.5, 0.6) is 0 Å². The summed E-state index contributed by atoms with van der Waals surface area (Å²) in [6.45, 7) is 2.18. The van der Waals surface area contributed by atoms with Gasteiger partial charge in [0.25, 0.3) is 5.91 Å². The number of hydrogen-bond donors (Lipinski definition) is 2. The van der Waals surface area contributed by atoms with Gasteiger partial charge in [0, 0.05) is 17.1 Å². The Kier molecular flexibility index (Phi) is 3.11. The number of hydrogen-bond acceptors (Lipinski definition) is 6. The van der Waals surface area contributed by atoms with E-state index in [9.17, 15) is 4.79 Å². The van der Waals surface area contributed by atoms with Crippen molar-refractivity contribution < 1.29 is 9.32 Å². The smallest absolute Gasteiger partial charge is 0.263 e. The van der Waals surface area contributed by atoms with Crippen LogP contribution in [-0.2, 0) is 6.54 Å². The van der Waals surface area contributed by atoms with Crippen LogP contribution in [-0.4, -0.2) is 16.0 Å². The number of rotatable bonds is 3. The summed E-state index contributed by atoms with van der Waals surface area (Å²) in [7, 11) is 0. The predicted molar refractivity (Wildman–Crippen MR) is 76.4 cm³/mol. The molecule has 7 heteroatoms. The Labute approximate surface area is 118 Å². The molecule has 0 radical (unpaired) electrons. The molecule has 0 aliphatic rings. The van der Waals surface area contributed by atoms with Crippen molar-refractivity contribution in [2.24, 2.45) is 0 Å². The zero-order chi connectivity index (χ0) is 14.1. The molecule has 1 amide bonds. The molecular weight excluding hydrogens is 276 g/mol. The third kappa shape index (κ3) is 2.23. The fraction of sp³-hybridized carbons (Fsp3) is 0.154. The Morgan fingerprint density at radius 2 is 2.30 bits per heavy atom. The Hall–Kier alpha value is -2.41. The molecule has 3 N–H and O–H groups in total. The standard InChI is InChI=1S/C13H12N4O2S/c1-7-2-3-9-10(14)11(20-13(9)17-7)12(18)15-6-8-4-5-16-19-8/h2-5H,6,14H2,1H3,(H,15,18). The van der Waals surface area contributed by atoms with Crippen LogP contribution in [0.1, 0.15) is 21.1 Å². The van der Waals surface area contributed by atoms with Gasteiger partial charge in [-0.25, -0.2) is 4.98 Å². The lowest BCUT2D eigenvalue weighted by molar-refractivity contribution is 0.0952. The highest BCUT2D eigenvalue weighted by Gasteiger charge is 2.17. The van der Waals surface area contributed by atoms with Crippen LogP contribution in [0, 0.1) is 6.92 Å². The Morgan fingerprint density at radius 1 is 1.45 bits per heavy atom. The molecule has 0 aliphatic carbocycles. The number of aromatic nitrogens is 2. The van der Waals surface area contributed by atoms with Gasteiger partial charge in [-0.15, -0.1) is 11.3 Å². The maximum absolute atomic E-state index is 12.1. The van der Waals surface area contributed by atoms with Crippen LogP contribution in [0.15, 0.2) is 28.9 Å². The minimum atomic E-state index is -0.237. The van der Waals surface area contributed by atoms with Crippen LogP contribution in [0.3, 0.4) is 0 Å². The van der Waals surface area contributed by atoms with Crippen molar-refractivity contribution in [2.75, 3.05) is 5.73 Å². The topological polar surface area (TPSA) is 94.0 Å². The normalized spacial score (nSPS) is 10.8. The quantitative estimate of drug-likeness (QED) is 0.769. The van der Waals surface area contributed by atoms with E-state index >= 15 is 0 Å². The number of amides is 1. The lowest BCUT2D eigenvalue weighted by atomic mass is 10.2. The molecule has 102 valence electrons. The van der Waals surface area contributed by atoms with E-state index in [-0.39, 0.29) is 12.5 Å². The summed E-state index contributed by atoms with van der Waals surface area (Å²) < 4.78 is 4.92. The average Bonchev–Trinajstić information content (AvgIpc) is 3.04. The second-order valence-corrected chi connectivity index (χ2v) is 5.31. The summed E-state index contributed by atoms with van der Waals surface area (Å²) in [6.07, 6.45) is 1.53. The van der Waals surface area contributed by atoms with Crippen molar-refractivity contribution in [1.82, 2.24) is 15.5 Å². The molecule has 0 atom stereocenters. The molecule has 20 heavy (non-hydrogen) atoms. The molecule has 0 unspecified atom stereocenters. The van der Waals surface area contributed by atoms with Gasteiger partial charge in [-0.05, 0) is 19.1 Å². The lowest BCUT2D eigenvalue weighted by Crippen LogP contribution is -2.22. The van der Waals surface area contributed by atoms with Gasteiger partial charge in [0.2, 0.25) is 0 Å². The van der Waals surface area contributed by atoms with E-state index < -0.39 is 0 Å². The molecule has 0 spiro atoms. The molecule has 0 saturated heterocycles. The molecule has 0 bridgehead atoms. The largest absolute Gasteiger partial charge is 0.397 e. The van der Waals surface area contributed by atoms with Gasteiger partial charge in [-0.1, -0.05) is 5.16 Å². The summed E-state index contributed by atoms with van der Waals surface area (Å²) in [5.74, 6) is 0.353. The first-order chi connectivity index (χ1) is 9.65. The first-order valence-electron chi connectivity index (χ1n) is 5.98. The zero-order valence-electron chi connectivity index (χ0n) is 10.7. The van der Waals surface area contributed by atoms with E-state index in [0.29, 0.717) is 16.3 Å². The van der Waals surface area contributed by atoms with Gasteiger partial charge in [0.1, 0.15) is 9.71 Å². The fourth-order valence-corrected chi connectivity index (χ4v) is 2.90. The minimum Gasteiger partial charge on any atom is -0.397 e. The number of carbonyl (C=O) groups is 1. The number of anilines is 1. The highest BCUT2D eigenvalue weighted by Crippen LogP contribution is 2.32. The number of pyridine rings is 1. The first-order valence-corrected chi connectivity index (χ1v) is 6.80. The number of thiophene rings is 1. The second kappa shape index (κ2) is 4.93. The molecule has 3 aromatic rings. The van der Waals surface area contributed by atoms with Crippen molar-refractivity contribution in [3.63, 3.8) is 0 Å². The molecule has 0 aromatic carbocycles. The van der Waals surface area contributed by atoms with Crippen molar-refractivity contribution >= 4 is 33.1 Å². The fourth-order valence-electron chi connectivity index (χ4n) is 1.84. The zero-order valence-corrected chi connectivity index (χ0v) is 11.5. The third-order valence-corrected chi connectivity index (χ3v) is 3.97. The van der Waals surface area contributed by atoms with E-state index in [2.05, 4.69) is 15.5 Å². The third-order valence-electron chi connectivity index (χ3n) is 2.85. The van der Waals surface area contributed by atoms with Gasteiger partial charge >= 0.3 is 0 Å². The van der Waals surface area contributed by atoms with Crippen molar-refractivity contribution in [2.45, 2.75) is 13.5 Å². The summed E-state index contributed by atoms with van der Waals surface area (Å²) in [5, 5.41) is 7.13. The van der Waals surface area contributed by atoms with Gasteiger partial charge in [0.15, 0.2) is 5.76 Å². The second-order valence-electron chi connectivity index (χ2n) is 4.31. The Bertz CT molecular complexity index is 764. The molecule has 3 heterocycles. The molecular formula is C13H12N4O2S. The summed E-state index contributed by atoms with van der Waals surface area (Å²) in [6, 6.07) is 5.46. The molecule has 3 rings (SSSR count). The predicted octanol–water partition coefficient (Wildman–Crippen LogP) is 2.10. The highest BCUT2D eigenvalue weighted by molar-refractivity contribution is 7.21. The van der Waals surface area contributed by atoms with Crippen molar-refractivity contribution in [3.8, 4) is 0 Å². The number of nitrogens with one attached hydrogen (secondary N) is 1. The lowest BCUT2D eigenvalue weighted by Gasteiger charge is -2.01. The molecule has 0 aliphatic heterocycles. The summed E-state index contributed by atoms with van der Waals surface area (Å²) >= 11 is 1.29. The van der Waals surface area contributed by atoms with Crippen LogP contribution in [0.4, 0.5) is 5.69 Å². The van der Waals surface area contributed by atoms with E-state index in [0.717, 1.165) is 15.9 Å². The Balaban J connectivity index is 1.85. The Morgan fingerprint density at radius 3 is 3.05 bits per heavy atom. The number of nitrogen functional groups attached to an aromatic ring is 1. The van der Waals surface area contributed by atoms with Crippen molar-refractivity contribution in [1.29, 1.82) is 0 Å². The van der Waals surface area contributed by atoms with E-state index in [1.54, 1.807) is 6.07 Å². The average molecular weight is 288 g/mol. The van der Waals surface area contributed by atoms with E-state index in [1.165, 1.54) is 17.5 Å². The molecule has 3 aromatic heterocycles. The number of nitrogens with zero attached hydrogens (tertiary/aromatic N) is 2. The summed E-state index contributed by atoms with van der Waals surface area (Å²) in [4.78, 5) is 17.8. The van der Waals surface area contributed by atoms with Crippen LogP contribution < -0.4 is 11.1 Å². The van der Waals surface area contributed by atoms with Crippen LogP contribution >= 0.6 is 11.3 Å². The number of carbonyl (C=O) groups excluding carboxylic acids is 1. The number of fused-ring (bicyclic) bond motifs is 1. The monoisotopic (exact) mass is 288 g/mol. The van der Waals surface area contributed by atoms with E-state index in [4.69, 9.17) is 10.3 Å². The van der Waals surface area contributed by atoms with Gasteiger partial charge in [0.05, 0.1) is 18.4 Å². The van der Waals surface area contributed by atoms with Crippen molar-refractivity contribution in [3.05, 3.63) is 40.7 Å². The van der Waals surface area contributed by atoms with Gasteiger partial charge in [-0.2, -0.15) is 0 Å². The minimum absolute atomic E-state index is 0.237. The molecule has 6 nitrogen and oxygen atoms in total. The van der Waals surface area contributed by atoms with Crippen LogP contribution in [0.2, 0.25) is 0 Å². The van der Waals surface area contributed by atoms with Crippen LogP contribution in [0.25, 0.3) is 10.2 Å². The summed E-state index contributed by atoms with van der Waals surface area (Å²) in [5.41, 5.74) is 7.37.